The van der Waals surface area contributed by atoms with Gasteiger partial charge in [-0.2, -0.15) is 9.40 Å². The first-order chi connectivity index (χ1) is 15.2. The number of nitrogens with zero attached hydrogens (tertiary/aromatic N) is 3. The van der Waals surface area contributed by atoms with E-state index in [1.54, 1.807) is 18.3 Å². The molecule has 1 aliphatic rings. The minimum Gasteiger partial charge on any atom is -0.471 e. The third-order valence-corrected chi connectivity index (χ3v) is 7.06. The van der Waals surface area contributed by atoms with Crippen LogP contribution >= 0.6 is 0 Å². The van der Waals surface area contributed by atoms with E-state index in [1.165, 1.54) is 22.7 Å². The lowest BCUT2D eigenvalue weighted by molar-refractivity contribution is 0.0718. The largest absolute Gasteiger partial charge is 0.471 e. The smallest absolute Gasteiger partial charge is 0.218 e. The van der Waals surface area contributed by atoms with E-state index >= 15 is 0 Å². The number of hydrogen-bond acceptors (Lipinski definition) is 5. The van der Waals surface area contributed by atoms with Crippen molar-refractivity contribution in [2.24, 2.45) is 0 Å². The molecule has 0 atom stereocenters. The molecule has 4 aromatic rings. The van der Waals surface area contributed by atoms with Crippen LogP contribution in [0.5, 0.6) is 5.88 Å². The maximum absolute atomic E-state index is 13.7. The Morgan fingerprint density at radius 3 is 2.56 bits per heavy atom. The van der Waals surface area contributed by atoms with Crippen molar-refractivity contribution in [2.75, 3.05) is 19.3 Å². The van der Waals surface area contributed by atoms with Gasteiger partial charge in [0.05, 0.1) is 36.6 Å². The normalized spacial score (nSPS) is 15.5. The van der Waals surface area contributed by atoms with Gasteiger partial charge in [-0.3, -0.25) is 5.10 Å². The van der Waals surface area contributed by atoms with E-state index in [0.29, 0.717) is 19.0 Å². The Balaban J connectivity index is 1.70. The first-order valence-corrected chi connectivity index (χ1v) is 12.2. The third kappa shape index (κ3) is 3.61. The number of pyridine rings is 1. The molecule has 0 radical (unpaired) electrons. The number of H-pyrrole nitrogens is 1. The Kier molecular flexibility index (Phi) is 4.90. The van der Waals surface area contributed by atoms with Crippen LogP contribution in [-0.2, 0) is 10.0 Å². The molecule has 0 spiro atoms. The number of sulfonamides is 1. The van der Waals surface area contributed by atoms with E-state index in [-0.39, 0.29) is 17.8 Å². The summed E-state index contributed by atoms with van der Waals surface area (Å²) in [5.74, 6) is 0.235. The van der Waals surface area contributed by atoms with Crippen molar-refractivity contribution < 1.29 is 17.5 Å². The van der Waals surface area contributed by atoms with Gasteiger partial charge in [0.15, 0.2) is 0 Å². The highest BCUT2D eigenvalue weighted by atomic mass is 32.2. The fourth-order valence-corrected chi connectivity index (χ4v) is 5.03. The first-order valence-electron chi connectivity index (χ1n) is 10.4. The summed E-state index contributed by atoms with van der Waals surface area (Å²) in [6.45, 7) is 4.70. The van der Waals surface area contributed by atoms with E-state index < -0.39 is 10.0 Å². The van der Waals surface area contributed by atoms with E-state index in [0.717, 1.165) is 38.5 Å². The monoisotopic (exact) mass is 454 g/mol. The molecule has 5 rings (SSSR count). The molecule has 0 amide bonds. The molecule has 0 bridgehead atoms. The maximum atomic E-state index is 13.7. The van der Waals surface area contributed by atoms with Crippen LogP contribution in [0.2, 0.25) is 0 Å². The molecule has 3 heterocycles. The highest BCUT2D eigenvalue weighted by Crippen LogP contribution is 2.42. The Hall–Kier alpha value is -3.04. The molecular formula is C23H23FN4O3S. The van der Waals surface area contributed by atoms with Gasteiger partial charge in [0, 0.05) is 16.3 Å². The van der Waals surface area contributed by atoms with Gasteiger partial charge in [0.1, 0.15) is 11.9 Å². The van der Waals surface area contributed by atoms with E-state index in [2.05, 4.69) is 24.0 Å². The van der Waals surface area contributed by atoms with Crippen molar-refractivity contribution in [3.05, 3.63) is 54.0 Å². The first kappa shape index (κ1) is 20.8. The highest BCUT2D eigenvalue weighted by molar-refractivity contribution is 7.88. The number of rotatable bonds is 5. The molecular weight excluding hydrogens is 431 g/mol. The summed E-state index contributed by atoms with van der Waals surface area (Å²) < 4.78 is 44.8. The molecule has 1 aliphatic heterocycles. The van der Waals surface area contributed by atoms with Crippen molar-refractivity contribution in [1.82, 2.24) is 19.5 Å². The summed E-state index contributed by atoms with van der Waals surface area (Å²) in [6.07, 6.45) is 2.68. The Morgan fingerprint density at radius 1 is 1.19 bits per heavy atom. The Bertz CT molecular complexity index is 1430. The van der Waals surface area contributed by atoms with Crippen molar-refractivity contribution >= 4 is 31.8 Å². The number of aromatic nitrogens is 3. The van der Waals surface area contributed by atoms with Crippen LogP contribution in [-0.4, -0.2) is 53.4 Å². The lowest BCUT2D eigenvalue weighted by Gasteiger charge is -2.37. The molecule has 1 N–H and O–H groups in total. The van der Waals surface area contributed by atoms with Crippen LogP contribution in [0.1, 0.15) is 25.3 Å². The third-order valence-electron chi connectivity index (χ3n) is 5.82. The summed E-state index contributed by atoms with van der Waals surface area (Å²) in [5, 5.41) is 8.97. The topological polar surface area (TPSA) is 88.2 Å². The number of aromatic amines is 1. The second-order valence-electron chi connectivity index (χ2n) is 8.51. The lowest BCUT2D eigenvalue weighted by Crippen LogP contribution is -2.55. The van der Waals surface area contributed by atoms with Gasteiger partial charge in [-0.25, -0.2) is 17.8 Å². The summed E-state index contributed by atoms with van der Waals surface area (Å²) in [4.78, 5) is 4.83. The fraction of sp³-hybridized carbons (Fsp3) is 0.304. The molecule has 1 saturated heterocycles. The zero-order valence-electron chi connectivity index (χ0n) is 18.0. The number of hydrogen-bond donors (Lipinski definition) is 1. The van der Waals surface area contributed by atoms with Gasteiger partial charge in [0.25, 0.3) is 0 Å². The average molecular weight is 455 g/mol. The van der Waals surface area contributed by atoms with Gasteiger partial charge >= 0.3 is 0 Å². The highest BCUT2D eigenvalue weighted by Gasteiger charge is 2.36. The van der Waals surface area contributed by atoms with Crippen LogP contribution in [0.15, 0.2) is 42.6 Å². The van der Waals surface area contributed by atoms with Crippen LogP contribution in [0, 0.1) is 5.82 Å². The van der Waals surface area contributed by atoms with E-state index in [4.69, 9.17) is 9.72 Å². The van der Waals surface area contributed by atoms with Crippen LogP contribution in [0.3, 0.4) is 0 Å². The molecule has 0 aliphatic carbocycles. The molecule has 2 aromatic carbocycles. The van der Waals surface area contributed by atoms with Gasteiger partial charge in [0.2, 0.25) is 15.9 Å². The van der Waals surface area contributed by atoms with Crippen molar-refractivity contribution in [1.29, 1.82) is 0 Å². The minimum atomic E-state index is -3.24. The van der Waals surface area contributed by atoms with Crippen molar-refractivity contribution in [2.45, 2.75) is 25.9 Å². The second-order valence-corrected chi connectivity index (χ2v) is 10.5. The van der Waals surface area contributed by atoms with Crippen LogP contribution < -0.4 is 4.74 Å². The predicted octanol–water partition coefficient (Wildman–Crippen LogP) is 4.06. The Labute approximate surface area is 185 Å². The van der Waals surface area contributed by atoms with Crippen molar-refractivity contribution in [3.63, 3.8) is 0 Å². The molecule has 9 heteroatoms. The van der Waals surface area contributed by atoms with Crippen molar-refractivity contribution in [3.8, 4) is 17.0 Å². The molecule has 166 valence electrons. The standard InChI is InChI=1S/C23H23FN4O3S/c1-13(2)21-22(14-4-6-16(24)7-5-14)18-8-15-10-25-27-19(15)9-20(18)26-23(21)31-17-11-28(12-17)32(3,29)30/h4-10,13,17H,11-12H2,1-3H3,(H,25,27). The Morgan fingerprint density at radius 2 is 1.91 bits per heavy atom. The molecule has 0 unspecified atom stereocenters. The van der Waals surface area contributed by atoms with Gasteiger partial charge in [-0.15, -0.1) is 0 Å². The van der Waals surface area contributed by atoms with Crippen LogP contribution in [0.25, 0.3) is 32.9 Å². The molecule has 0 saturated carbocycles. The number of ether oxygens (including phenoxy) is 1. The molecule has 32 heavy (non-hydrogen) atoms. The SMILES string of the molecule is CC(C)c1c(OC2CN(S(C)(=O)=O)C2)nc2cc3[nH]ncc3cc2c1-c1ccc(F)cc1. The summed E-state index contributed by atoms with van der Waals surface area (Å²) in [5.41, 5.74) is 4.28. The van der Waals surface area contributed by atoms with Gasteiger partial charge in [-0.1, -0.05) is 26.0 Å². The number of benzene rings is 2. The van der Waals surface area contributed by atoms with E-state index in [1.807, 2.05) is 12.1 Å². The zero-order chi connectivity index (χ0) is 22.6. The quantitative estimate of drug-likeness (QED) is 0.491. The second kappa shape index (κ2) is 7.53. The summed E-state index contributed by atoms with van der Waals surface area (Å²) in [7, 11) is -3.24. The summed E-state index contributed by atoms with van der Waals surface area (Å²) >= 11 is 0. The molecule has 7 nitrogen and oxygen atoms in total. The summed E-state index contributed by atoms with van der Waals surface area (Å²) in [6, 6.07) is 10.4. The lowest BCUT2D eigenvalue weighted by atomic mass is 9.90. The number of nitrogens with one attached hydrogen (secondary N) is 1. The minimum absolute atomic E-state index is 0.0630. The van der Waals surface area contributed by atoms with Crippen LogP contribution in [0.4, 0.5) is 4.39 Å². The number of halogens is 1. The van der Waals surface area contributed by atoms with Gasteiger partial charge in [-0.05, 0) is 41.3 Å². The van der Waals surface area contributed by atoms with Gasteiger partial charge < -0.3 is 4.74 Å². The zero-order valence-corrected chi connectivity index (χ0v) is 18.8. The maximum Gasteiger partial charge on any atom is 0.218 e. The van der Waals surface area contributed by atoms with E-state index in [9.17, 15) is 12.8 Å². The molecule has 1 fully saturated rings. The fourth-order valence-electron chi connectivity index (χ4n) is 4.15. The number of fused-ring (bicyclic) bond motifs is 2. The predicted molar refractivity (Wildman–Crippen MR) is 122 cm³/mol. The average Bonchev–Trinajstić information content (AvgIpc) is 3.14. The molecule has 2 aromatic heterocycles.